The van der Waals surface area contributed by atoms with Crippen molar-refractivity contribution in [1.82, 2.24) is 0 Å². The SMILES string of the molecule is CC(C)[C@@H]1CC[C@@H](C)C[C@@H]1SCC(=O)Oc1ccc2ccccc2c1-c1c(O)ccc2ccccc12. The van der Waals surface area contributed by atoms with Crippen LogP contribution in [0.3, 0.4) is 0 Å². The predicted molar refractivity (Wildman–Crippen MR) is 152 cm³/mol. The third kappa shape index (κ3) is 4.97. The Morgan fingerprint density at radius 3 is 2.25 bits per heavy atom. The Kier molecular flexibility index (Phi) is 7.25. The first-order valence-electron chi connectivity index (χ1n) is 13.0. The number of fused-ring (bicyclic) bond motifs is 2. The number of phenols is 1. The van der Waals surface area contributed by atoms with Crippen LogP contribution in [-0.2, 0) is 4.79 Å². The van der Waals surface area contributed by atoms with E-state index in [0.29, 0.717) is 40.1 Å². The van der Waals surface area contributed by atoms with Crippen LogP contribution in [0.15, 0.2) is 72.8 Å². The molecule has 4 aromatic carbocycles. The molecule has 1 fully saturated rings. The molecule has 0 amide bonds. The summed E-state index contributed by atoms with van der Waals surface area (Å²) in [5.74, 6) is 2.72. The van der Waals surface area contributed by atoms with E-state index in [1.807, 2.05) is 66.7 Å². The highest BCUT2D eigenvalue weighted by Crippen LogP contribution is 2.45. The van der Waals surface area contributed by atoms with Gasteiger partial charge in [0.05, 0.1) is 5.75 Å². The van der Waals surface area contributed by atoms with Gasteiger partial charge in [0.25, 0.3) is 0 Å². The third-order valence-electron chi connectivity index (χ3n) is 7.65. The summed E-state index contributed by atoms with van der Waals surface area (Å²) in [7, 11) is 0. The van der Waals surface area contributed by atoms with Gasteiger partial charge in [0, 0.05) is 16.4 Å². The van der Waals surface area contributed by atoms with Gasteiger partial charge in [-0.2, -0.15) is 0 Å². The van der Waals surface area contributed by atoms with Gasteiger partial charge in [-0.1, -0.05) is 87.9 Å². The van der Waals surface area contributed by atoms with E-state index < -0.39 is 0 Å². The molecule has 0 heterocycles. The molecule has 4 aromatic rings. The topological polar surface area (TPSA) is 46.5 Å². The Hall–Kier alpha value is -2.98. The maximum atomic E-state index is 13.2. The van der Waals surface area contributed by atoms with Gasteiger partial charge < -0.3 is 9.84 Å². The molecule has 36 heavy (non-hydrogen) atoms. The number of ether oxygens (including phenoxy) is 1. The molecule has 0 aromatic heterocycles. The van der Waals surface area contributed by atoms with Crippen LogP contribution >= 0.6 is 11.8 Å². The Morgan fingerprint density at radius 2 is 1.56 bits per heavy atom. The van der Waals surface area contributed by atoms with Gasteiger partial charge in [0.1, 0.15) is 11.5 Å². The molecule has 1 aliphatic carbocycles. The van der Waals surface area contributed by atoms with Gasteiger partial charge in [-0.25, -0.2) is 0 Å². The van der Waals surface area contributed by atoms with E-state index in [2.05, 4.69) is 20.8 Å². The second-order valence-electron chi connectivity index (χ2n) is 10.5. The lowest BCUT2D eigenvalue weighted by atomic mass is 9.77. The van der Waals surface area contributed by atoms with Crippen molar-refractivity contribution in [2.24, 2.45) is 17.8 Å². The van der Waals surface area contributed by atoms with E-state index in [1.165, 1.54) is 12.8 Å². The summed E-state index contributed by atoms with van der Waals surface area (Å²) < 4.78 is 6.05. The normalized spacial score (nSPS) is 20.2. The molecule has 1 aliphatic rings. The van der Waals surface area contributed by atoms with Gasteiger partial charge in [-0.3, -0.25) is 4.79 Å². The summed E-state index contributed by atoms with van der Waals surface area (Å²) in [6.45, 7) is 6.91. The lowest BCUT2D eigenvalue weighted by molar-refractivity contribution is -0.131. The van der Waals surface area contributed by atoms with Crippen LogP contribution < -0.4 is 4.74 Å². The molecule has 186 valence electrons. The molecule has 0 unspecified atom stereocenters. The number of thioether (sulfide) groups is 1. The number of rotatable bonds is 6. The average molecular weight is 499 g/mol. The Balaban J connectivity index is 1.49. The van der Waals surface area contributed by atoms with Gasteiger partial charge in [0.2, 0.25) is 0 Å². The minimum atomic E-state index is -0.239. The Labute approximate surface area is 217 Å². The highest BCUT2D eigenvalue weighted by molar-refractivity contribution is 8.00. The zero-order valence-electron chi connectivity index (χ0n) is 21.2. The van der Waals surface area contributed by atoms with E-state index in [0.717, 1.165) is 33.5 Å². The van der Waals surface area contributed by atoms with E-state index in [4.69, 9.17) is 4.74 Å². The predicted octanol–water partition coefficient (Wildman–Crippen LogP) is 8.47. The number of hydrogen-bond donors (Lipinski definition) is 1. The van der Waals surface area contributed by atoms with Crippen LogP contribution in [-0.4, -0.2) is 22.1 Å². The van der Waals surface area contributed by atoms with Crippen molar-refractivity contribution < 1.29 is 14.6 Å². The number of esters is 1. The quantitative estimate of drug-likeness (QED) is 0.214. The zero-order chi connectivity index (χ0) is 25.2. The van der Waals surface area contributed by atoms with E-state index in [-0.39, 0.29) is 11.7 Å². The maximum absolute atomic E-state index is 13.2. The second-order valence-corrected chi connectivity index (χ2v) is 11.7. The highest BCUT2D eigenvalue weighted by atomic mass is 32.2. The number of benzene rings is 4. The van der Waals surface area contributed by atoms with Crippen LogP contribution in [0.2, 0.25) is 0 Å². The van der Waals surface area contributed by atoms with Crippen molar-refractivity contribution in [2.75, 3.05) is 5.75 Å². The molecule has 5 rings (SSSR count). The summed E-state index contributed by atoms with van der Waals surface area (Å²) in [6.07, 6.45) is 3.67. The lowest BCUT2D eigenvalue weighted by Crippen LogP contribution is -2.31. The minimum Gasteiger partial charge on any atom is -0.507 e. The summed E-state index contributed by atoms with van der Waals surface area (Å²) in [4.78, 5) is 13.2. The number of aromatic hydroxyl groups is 1. The number of carbonyl (C=O) groups excluding carboxylic acids is 1. The molecule has 0 radical (unpaired) electrons. The first kappa shape index (κ1) is 24.7. The van der Waals surface area contributed by atoms with Crippen molar-refractivity contribution in [1.29, 1.82) is 0 Å². The van der Waals surface area contributed by atoms with Crippen molar-refractivity contribution >= 4 is 39.3 Å². The van der Waals surface area contributed by atoms with Gasteiger partial charge in [0.15, 0.2) is 0 Å². The Bertz CT molecular complexity index is 1390. The molecule has 0 bridgehead atoms. The third-order valence-corrected chi connectivity index (χ3v) is 9.02. The maximum Gasteiger partial charge on any atom is 0.321 e. The van der Waals surface area contributed by atoms with Crippen molar-refractivity contribution in [3.63, 3.8) is 0 Å². The molecule has 4 heteroatoms. The van der Waals surface area contributed by atoms with Crippen LogP contribution in [0.4, 0.5) is 0 Å². The Morgan fingerprint density at radius 1 is 0.917 bits per heavy atom. The second kappa shape index (κ2) is 10.6. The van der Waals surface area contributed by atoms with Gasteiger partial charge in [-0.15, -0.1) is 11.8 Å². The van der Waals surface area contributed by atoms with Crippen LogP contribution in [0.1, 0.15) is 40.0 Å². The number of hydrogen-bond acceptors (Lipinski definition) is 4. The first-order chi connectivity index (χ1) is 17.4. The van der Waals surface area contributed by atoms with Crippen molar-refractivity contribution in [2.45, 2.75) is 45.3 Å². The van der Waals surface area contributed by atoms with E-state index in [9.17, 15) is 9.90 Å². The van der Waals surface area contributed by atoms with E-state index in [1.54, 1.807) is 17.8 Å². The molecule has 0 saturated heterocycles. The molecular weight excluding hydrogens is 464 g/mol. The minimum absolute atomic E-state index is 0.174. The molecule has 0 aliphatic heterocycles. The van der Waals surface area contributed by atoms with E-state index >= 15 is 0 Å². The zero-order valence-corrected chi connectivity index (χ0v) is 22.1. The number of carbonyl (C=O) groups is 1. The number of phenolic OH excluding ortho intramolecular Hbond substituents is 1. The van der Waals surface area contributed by atoms with Gasteiger partial charge in [-0.05, 0) is 64.3 Å². The fraction of sp³-hybridized carbons (Fsp3) is 0.344. The monoisotopic (exact) mass is 498 g/mol. The molecule has 0 spiro atoms. The fourth-order valence-electron chi connectivity index (χ4n) is 5.75. The van der Waals surface area contributed by atoms with Crippen molar-refractivity contribution in [3.05, 3.63) is 72.8 Å². The summed E-state index contributed by atoms with van der Waals surface area (Å²) in [6, 6.07) is 23.5. The standard InChI is InChI=1S/C32H34O3S/c1-20(2)24-15-12-21(3)18-29(24)36-19-30(34)35-28-17-14-23-9-5-7-11-26(23)32(28)31-25-10-6-4-8-22(25)13-16-27(31)33/h4-11,13-14,16-17,20-21,24,29,33H,12,15,18-19H2,1-3H3/t21-,24+,29+/m1/s1. The van der Waals surface area contributed by atoms with Crippen LogP contribution in [0.5, 0.6) is 11.5 Å². The lowest BCUT2D eigenvalue weighted by Gasteiger charge is -2.36. The molecule has 1 saturated carbocycles. The molecular formula is C32H34O3S. The highest BCUT2D eigenvalue weighted by Gasteiger charge is 2.31. The first-order valence-corrected chi connectivity index (χ1v) is 14.0. The van der Waals surface area contributed by atoms with Crippen LogP contribution in [0, 0.1) is 17.8 Å². The molecule has 3 atom stereocenters. The fourth-order valence-corrected chi connectivity index (χ4v) is 7.32. The molecule has 3 nitrogen and oxygen atoms in total. The van der Waals surface area contributed by atoms with Crippen molar-refractivity contribution in [3.8, 4) is 22.6 Å². The summed E-state index contributed by atoms with van der Waals surface area (Å²) in [5.41, 5.74) is 1.45. The van der Waals surface area contributed by atoms with Gasteiger partial charge >= 0.3 is 5.97 Å². The summed E-state index contributed by atoms with van der Waals surface area (Å²) in [5, 5.41) is 15.4. The smallest absolute Gasteiger partial charge is 0.321 e. The largest absolute Gasteiger partial charge is 0.507 e. The molecule has 1 N–H and O–H groups in total. The summed E-state index contributed by atoms with van der Waals surface area (Å²) >= 11 is 1.75. The van der Waals surface area contributed by atoms with Crippen LogP contribution in [0.25, 0.3) is 32.7 Å². The average Bonchev–Trinajstić information content (AvgIpc) is 2.88.